The van der Waals surface area contributed by atoms with E-state index in [1.165, 1.54) is 6.42 Å². The van der Waals surface area contributed by atoms with Gasteiger partial charge in [-0.15, -0.1) is 11.3 Å². The second kappa shape index (κ2) is 6.68. The van der Waals surface area contributed by atoms with E-state index in [1.807, 2.05) is 0 Å². The fourth-order valence-electron chi connectivity index (χ4n) is 3.15. The zero-order chi connectivity index (χ0) is 15.6. The van der Waals surface area contributed by atoms with Gasteiger partial charge in [0.2, 0.25) is 10.0 Å². The Morgan fingerprint density at radius 3 is 2.45 bits per heavy atom. The SMILES string of the molecule is O=C(c1ccc(S(=O)(=O)NC2CCCCC2)s1)N1CCCC1. The minimum atomic E-state index is -3.50. The smallest absolute Gasteiger partial charge is 0.263 e. The molecule has 3 rings (SSSR count). The Bertz CT molecular complexity index is 627. The molecule has 0 aromatic carbocycles. The molecule has 22 heavy (non-hydrogen) atoms. The highest BCUT2D eigenvalue weighted by atomic mass is 32.2. The van der Waals surface area contributed by atoms with Gasteiger partial charge >= 0.3 is 0 Å². The number of amides is 1. The molecule has 1 saturated carbocycles. The van der Waals surface area contributed by atoms with Crippen LogP contribution in [0.5, 0.6) is 0 Å². The summed E-state index contributed by atoms with van der Waals surface area (Å²) in [5.41, 5.74) is 0. The molecule has 0 atom stereocenters. The number of sulfonamides is 1. The van der Waals surface area contributed by atoms with Crippen LogP contribution in [0.4, 0.5) is 0 Å². The largest absolute Gasteiger partial charge is 0.338 e. The van der Waals surface area contributed by atoms with Gasteiger partial charge in [-0.25, -0.2) is 13.1 Å². The lowest BCUT2D eigenvalue weighted by Gasteiger charge is -2.22. The van der Waals surface area contributed by atoms with E-state index in [2.05, 4.69) is 4.72 Å². The second-order valence-electron chi connectivity index (χ2n) is 6.07. The molecule has 1 aliphatic carbocycles. The van der Waals surface area contributed by atoms with E-state index in [0.717, 1.165) is 63.0 Å². The van der Waals surface area contributed by atoms with E-state index in [1.54, 1.807) is 17.0 Å². The van der Waals surface area contributed by atoms with Gasteiger partial charge < -0.3 is 4.90 Å². The Labute approximate surface area is 135 Å². The number of hydrogen-bond acceptors (Lipinski definition) is 4. The quantitative estimate of drug-likeness (QED) is 0.914. The Morgan fingerprint density at radius 1 is 1.09 bits per heavy atom. The first-order valence-electron chi connectivity index (χ1n) is 7.98. The van der Waals surface area contributed by atoms with E-state index < -0.39 is 10.0 Å². The van der Waals surface area contributed by atoms with Crippen molar-refractivity contribution in [3.63, 3.8) is 0 Å². The molecule has 2 aliphatic rings. The third-order valence-corrected chi connectivity index (χ3v) is 7.46. The third-order valence-electron chi connectivity index (χ3n) is 4.38. The van der Waals surface area contributed by atoms with Gasteiger partial charge in [-0.3, -0.25) is 4.79 Å². The average Bonchev–Trinajstić information content (AvgIpc) is 3.19. The predicted molar refractivity (Wildman–Crippen MR) is 86.7 cm³/mol. The van der Waals surface area contributed by atoms with Crippen molar-refractivity contribution in [2.24, 2.45) is 0 Å². The first-order chi connectivity index (χ1) is 10.6. The van der Waals surface area contributed by atoms with E-state index in [-0.39, 0.29) is 16.2 Å². The van der Waals surface area contributed by atoms with Gasteiger partial charge in [0.15, 0.2) is 0 Å². The molecule has 0 bridgehead atoms. The number of rotatable bonds is 4. The summed E-state index contributed by atoms with van der Waals surface area (Å²) in [5, 5.41) is 0. The first-order valence-corrected chi connectivity index (χ1v) is 10.3. The molecule has 5 nitrogen and oxygen atoms in total. The minimum Gasteiger partial charge on any atom is -0.338 e. The molecule has 0 spiro atoms. The van der Waals surface area contributed by atoms with E-state index in [0.29, 0.717) is 4.88 Å². The summed E-state index contributed by atoms with van der Waals surface area (Å²) in [5.74, 6) is -0.0402. The maximum Gasteiger partial charge on any atom is 0.263 e. The summed E-state index contributed by atoms with van der Waals surface area (Å²) in [7, 11) is -3.50. The topological polar surface area (TPSA) is 66.5 Å². The van der Waals surface area contributed by atoms with Gasteiger partial charge in [0, 0.05) is 19.1 Å². The molecular weight excluding hydrogens is 320 g/mol. The Balaban J connectivity index is 1.70. The highest BCUT2D eigenvalue weighted by Crippen LogP contribution is 2.26. The molecule has 1 saturated heterocycles. The van der Waals surface area contributed by atoms with Crippen molar-refractivity contribution in [3.8, 4) is 0 Å². The normalized spacial score (nSPS) is 20.5. The van der Waals surface area contributed by atoms with E-state index in [9.17, 15) is 13.2 Å². The van der Waals surface area contributed by atoms with Crippen LogP contribution in [0.3, 0.4) is 0 Å². The van der Waals surface area contributed by atoms with Crippen molar-refractivity contribution >= 4 is 27.3 Å². The predicted octanol–water partition coefficient (Wildman–Crippen LogP) is 2.60. The monoisotopic (exact) mass is 342 g/mol. The molecule has 1 aromatic heterocycles. The third kappa shape index (κ3) is 3.52. The van der Waals surface area contributed by atoms with Crippen LogP contribution in [0.15, 0.2) is 16.3 Å². The van der Waals surface area contributed by atoms with Crippen molar-refractivity contribution in [2.75, 3.05) is 13.1 Å². The minimum absolute atomic E-state index is 0.0402. The number of carbonyl (C=O) groups excluding carboxylic acids is 1. The van der Waals surface area contributed by atoms with Crippen molar-refractivity contribution in [1.29, 1.82) is 0 Å². The van der Waals surface area contributed by atoms with Crippen LogP contribution in [0.2, 0.25) is 0 Å². The van der Waals surface area contributed by atoms with Crippen LogP contribution >= 0.6 is 11.3 Å². The number of nitrogens with one attached hydrogen (secondary N) is 1. The van der Waals surface area contributed by atoms with Crippen molar-refractivity contribution < 1.29 is 13.2 Å². The molecule has 0 unspecified atom stereocenters. The second-order valence-corrected chi connectivity index (χ2v) is 9.10. The summed E-state index contributed by atoms with van der Waals surface area (Å²) >= 11 is 1.08. The van der Waals surface area contributed by atoms with E-state index >= 15 is 0 Å². The number of nitrogens with zero attached hydrogens (tertiary/aromatic N) is 1. The van der Waals surface area contributed by atoms with Crippen LogP contribution < -0.4 is 4.72 Å². The highest BCUT2D eigenvalue weighted by Gasteiger charge is 2.26. The maximum absolute atomic E-state index is 12.4. The molecule has 122 valence electrons. The Morgan fingerprint density at radius 2 is 1.77 bits per heavy atom. The molecular formula is C15H22N2O3S2. The lowest BCUT2D eigenvalue weighted by atomic mass is 9.96. The van der Waals surface area contributed by atoms with Crippen molar-refractivity contribution in [3.05, 3.63) is 17.0 Å². The van der Waals surface area contributed by atoms with Crippen LogP contribution in [-0.4, -0.2) is 38.4 Å². The summed E-state index contributed by atoms with van der Waals surface area (Å²) in [4.78, 5) is 14.6. The fraction of sp³-hybridized carbons (Fsp3) is 0.667. The average molecular weight is 342 g/mol. The highest BCUT2D eigenvalue weighted by molar-refractivity contribution is 7.91. The zero-order valence-electron chi connectivity index (χ0n) is 12.6. The van der Waals surface area contributed by atoms with Gasteiger partial charge in [0.05, 0.1) is 4.88 Å². The van der Waals surface area contributed by atoms with Gasteiger partial charge in [-0.05, 0) is 37.8 Å². The molecule has 2 heterocycles. The lowest BCUT2D eigenvalue weighted by molar-refractivity contribution is 0.0797. The van der Waals surface area contributed by atoms with Gasteiger partial charge in [-0.1, -0.05) is 19.3 Å². The molecule has 1 aliphatic heterocycles. The number of likely N-dealkylation sites (tertiary alicyclic amines) is 1. The molecule has 7 heteroatoms. The standard InChI is InChI=1S/C15H22N2O3S2/c18-15(17-10-4-5-11-17)13-8-9-14(21-13)22(19,20)16-12-6-2-1-3-7-12/h8-9,12,16H,1-7,10-11H2. The number of carbonyl (C=O) groups is 1. The summed E-state index contributed by atoms with van der Waals surface area (Å²) in [6.45, 7) is 1.55. The summed E-state index contributed by atoms with van der Waals surface area (Å²) < 4.78 is 27.9. The molecule has 2 fully saturated rings. The van der Waals surface area contributed by atoms with Gasteiger partial charge in [-0.2, -0.15) is 0 Å². The van der Waals surface area contributed by atoms with Crippen LogP contribution in [-0.2, 0) is 10.0 Å². The summed E-state index contributed by atoms with van der Waals surface area (Å²) in [6.07, 6.45) is 7.23. The van der Waals surface area contributed by atoms with Gasteiger partial charge in [0.1, 0.15) is 4.21 Å². The Hall–Kier alpha value is -0.920. The number of hydrogen-bond donors (Lipinski definition) is 1. The van der Waals surface area contributed by atoms with Crippen LogP contribution in [0.1, 0.15) is 54.6 Å². The molecule has 1 amide bonds. The lowest BCUT2D eigenvalue weighted by Crippen LogP contribution is -2.35. The van der Waals surface area contributed by atoms with Crippen LogP contribution in [0.25, 0.3) is 0 Å². The molecule has 1 aromatic rings. The Kier molecular flexibility index (Phi) is 4.84. The first kappa shape index (κ1) is 16.0. The van der Waals surface area contributed by atoms with E-state index in [4.69, 9.17) is 0 Å². The van der Waals surface area contributed by atoms with Crippen LogP contribution in [0, 0.1) is 0 Å². The maximum atomic E-state index is 12.4. The summed E-state index contributed by atoms with van der Waals surface area (Å²) in [6, 6.07) is 3.23. The molecule has 1 N–H and O–H groups in total. The number of thiophene rings is 1. The van der Waals surface area contributed by atoms with Crippen molar-refractivity contribution in [1.82, 2.24) is 9.62 Å². The van der Waals surface area contributed by atoms with Gasteiger partial charge in [0.25, 0.3) is 5.91 Å². The van der Waals surface area contributed by atoms with Crippen molar-refractivity contribution in [2.45, 2.75) is 55.2 Å². The molecule has 0 radical (unpaired) electrons. The fourth-order valence-corrected chi connectivity index (χ4v) is 5.75. The zero-order valence-corrected chi connectivity index (χ0v) is 14.2.